The molecule has 1 unspecified atom stereocenters. The van der Waals surface area contributed by atoms with Crippen molar-refractivity contribution in [2.45, 2.75) is 26.4 Å². The Bertz CT molecular complexity index is 420. The molecule has 106 valence electrons. The number of benzene rings is 1. The maximum atomic E-state index is 13.1. The molecule has 2 amide bonds. The highest BCUT2D eigenvalue weighted by atomic mass is 79.9. The highest BCUT2D eigenvalue weighted by molar-refractivity contribution is 9.10. The molecule has 0 heterocycles. The highest BCUT2D eigenvalue weighted by Gasteiger charge is 2.09. The number of nitrogens with one attached hydrogen (secondary N) is 2. The van der Waals surface area contributed by atoms with Crippen molar-refractivity contribution < 1.29 is 14.3 Å². The van der Waals surface area contributed by atoms with Crippen LogP contribution >= 0.6 is 15.9 Å². The van der Waals surface area contributed by atoms with Gasteiger partial charge >= 0.3 is 6.03 Å². The molecule has 3 N–H and O–H groups in total. The summed E-state index contributed by atoms with van der Waals surface area (Å²) < 4.78 is 13.6. The number of amides is 2. The second-order valence-electron chi connectivity index (χ2n) is 4.64. The maximum absolute atomic E-state index is 13.1. The van der Waals surface area contributed by atoms with Crippen LogP contribution in [-0.2, 0) is 0 Å². The second kappa shape index (κ2) is 7.45. The van der Waals surface area contributed by atoms with Crippen LogP contribution in [-0.4, -0.2) is 23.8 Å². The molecule has 0 aliphatic carbocycles. The van der Waals surface area contributed by atoms with Crippen LogP contribution in [0.2, 0.25) is 0 Å². The summed E-state index contributed by atoms with van der Waals surface area (Å²) in [6.07, 6.45) is 0.0430. The average molecular weight is 333 g/mol. The lowest BCUT2D eigenvalue weighted by molar-refractivity contribution is 0.117. The summed E-state index contributed by atoms with van der Waals surface area (Å²) in [6.45, 7) is 4.19. The van der Waals surface area contributed by atoms with Crippen LogP contribution < -0.4 is 10.6 Å². The first kappa shape index (κ1) is 15.9. The molecule has 1 aromatic rings. The van der Waals surface area contributed by atoms with E-state index in [2.05, 4.69) is 26.6 Å². The quantitative estimate of drug-likeness (QED) is 0.775. The molecular weight excluding hydrogens is 315 g/mol. The Morgan fingerprint density at radius 2 is 2.11 bits per heavy atom. The van der Waals surface area contributed by atoms with Gasteiger partial charge in [-0.25, -0.2) is 9.18 Å². The van der Waals surface area contributed by atoms with Crippen molar-refractivity contribution in [3.05, 3.63) is 28.5 Å². The molecule has 0 saturated carbocycles. The average Bonchev–Trinajstić information content (AvgIpc) is 2.26. The number of anilines is 1. The van der Waals surface area contributed by atoms with Gasteiger partial charge in [-0.3, -0.25) is 0 Å². The van der Waals surface area contributed by atoms with Crippen molar-refractivity contribution in [1.82, 2.24) is 5.32 Å². The van der Waals surface area contributed by atoms with E-state index >= 15 is 0 Å². The molecule has 1 rings (SSSR count). The third kappa shape index (κ3) is 6.02. The smallest absolute Gasteiger partial charge is 0.319 e. The minimum atomic E-state index is -0.441. The van der Waals surface area contributed by atoms with Crippen molar-refractivity contribution in [3.8, 4) is 0 Å². The molecule has 0 aromatic heterocycles. The first-order valence-corrected chi connectivity index (χ1v) is 6.87. The van der Waals surface area contributed by atoms with Gasteiger partial charge in [0, 0.05) is 16.7 Å². The van der Waals surface area contributed by atoms with Gasteiger partial charge in [0.15, 0.2) is 0 Å². The normalized spacial score (nSPS) is 12.3. The molecule has 0 radical (unpaired) electrons. The predicted octanol–water partition coefficient (Wildman–Crippen LogP) is 3.12. The zero-order valence-electron chi connectivity index (χ0n) is 10.9. The number of rotatable bonds is 5. The topological polar surface area (TPSA) is 61.4 Å². The lowest BCUT2D eigenvalue weighted by atomic mass is 10.0. The Morgan fingerprint density at radius 3 is 2.68 bits per heavy atom. The standard InChI is InChI=1S/C13H18BrFN2O2/c1-8(2)12(18)3-4-16-13(19)17-11-6-9(14)5-10(15)7-11/h5-8,12,18H,3-4H2,1-2H3,(H2,16,17,19). The number of hydrogen-bond donors (Lipinski definition) is 3. The number of carbonyl (C=O) groups excluding carboxylic acids is 1. The molecule has 0 fully saturated rings. The number of aliphatic hydroxyl groups excluding tert-OH is 1. The Balaban J connectivity index is 2.39. The van der Waals surface area contributed by atoms with E-state index < -0.39 is 18.0 Å². The fourth-order valence-electron chi connectivity index (χ4n) is 1.47. The summed E-state index contributed by atoms with van der Waals surface area (Å²) in [4.78, 5) is 11.5. The monoisotopic (exact) mass is 332 g/mol. The number of carbonyl (C=O) groups is 1. The van der Waals surface area contributed by atoms with E-state index in [0.717, 1.165) is 0 Å². The molecule has 1 atom stereocenters. The SMILES string of the molecule is CC(C)C(O)CCNC(=O)Nc1cc(F)cc(Br)c1. The third-order valence-corrected chi connectivity index (χ3v) is 3.07. The fourth-order valence-corrected chi connectivity index (χ4v) is 1.93. The summed E-state index contributed by atoms with van der Waals surface area (Å²) in [5.41, 5.74) is 0.369. The van der Waals surface area contributed by atoms with Crippen LogP contribution in [0.4, 0.5) is 14.9 Å². The summed E-state index contributed by atoms with van der Waals surface area (Å²) in [6, 6.07) is 3.72. The zero-order chi connectivity index (χ0) is 14.4. The van der Waals surface area contributed by atoms with Crippen molar-refractivity contribution in [1.29, 1.82) is 0 Å². The fraction of sp³-hybridized carbons (Fsp3) is 0.462. The van der Waals surface area contributed by atoms with Crippen LogP contribution in [0.25, 0.3) is 0 Å². The van der Waals surface area contributed by atoms with Gasteiger partial charge in [-0.1, -0.05) is 29.8 Å². The molecule has 0 bridgehead atoms. The molecular formula is C13H18BrFN2O2. The van der Waals surface area contributed by atoms with E-state index in [1.165, 1.54) is 12.1 Å². The Labute approximate surface area is 120 Å². The molecule has 0 spiro atoms. The summed E-state index contributed by atoms with van der Waals surface area (Å²) >= 11 is 3.15. The van der Waals surface area contributed by atoms with Crippen molar-refractivity contribution >= 4 is 27.6 Å². The maximum Gasteiger partial charge on any atom is 0.319 e. The van der Waals surface area contributed by atoms with Gasteiger partial charge < -0.3 is 15.7 Å². The number of urea groups is 1. The zero-order valence-corrected chi connectivity index (χ0v) is 12.5. The minimum absolute atomic E-state index is 0.157. The van der Waals surface area contributed by atoms with Crippen molar-refractivity contribution in [3.63, 3.8) is 0 Å². The van der Waals surface area contributed by atoms with Gasteiger partial charge in [0.1, 0.15) is 5.82 Å². The van der Waals surface area contributed by atoms with E-state index in [0.29, 0.717) is 23.1 Å². The highest BCUT2D eigenvalue weighted by Crippen LogP contribution is 2.18. The first-order valence-electron chi connectivity index (χ1n) is 6.07. The van der Waals surface area contributed by atoms with Crippen molar-refractivity contribution in [2.24, 2.45) is 5.92 Å². The number of halogens is 2. The lowest BCUT2D eigenvalue weighted by Gasteiger charge is -2.14. The molecule has 4 nitrogen and oxygen atoms in total. The van der Waals surface area contributed by atoms with E-state index in [1.54, 1.807) is 6.07 Å². The van der Waals surface area contributed by atoms with Crippen molar-refractivity contribution in [2.75, 3.05) is 11.9 Å². The van der Waals surface area contributed by atoms with E-state index in [-0.39, 0.29) is 5.92 Å². The molecule has 19 heavy (non-hydrogen) atoms. The molecule has 1 aromatic carbocycles. The Morgan fingerprint density at radius 1 is 1.42 bits per heavy atom. The molecule has 0 aliphatic heterocycles. The van der Waals surface area contributed by atoms with Crippen LogP contribution in [0.15, 0.2) is 22.7 Å². The molecule has 0 saturated heterocycles. The van der Waals surface area contributed by atoms with Gasteiger partial charge in [-0.05, 0) is 30.5 Å². The summed E-state index contributed by atoms with van der Waals surface area (Å²) in [7, 11) is 0. The lowest BCUT2D eigenvalue weighted by Crippen LogP contribution is -2.32. The van der Waals surface area contributed by atoms with E-state index in [4.69, 9.17) is 0 Å². The third-order valence-electron chi connectivity index (χ3n) is 2.62. The molecule has 0 aliphatic rings. The van der Waals surface area contributed by atoms with Gasteiger partial charge in [-0.15, -0.1) is 0 Å². The van der Waals surface area contributed by atoms with Gasteiger partial charge in [0.05, 0.1) is 6.10 Å². The largest absolute Gasteiger partial charge is 0.393 e. The predicted molar refractivity (Wildman–Crippen MR) is 76.6 cm³/mol. The summed E-state index contributed by atoms with van der Waals surface area (Å²) in [5.74, 6) is -0.274. The van der Waals surface area contributed by atoms with Gasteiger partial charge in [0.25, 0.3) is 0 Å². The summed E-state index contributed by atoms with van der Waals surface area (Å²) in [5, 5.41) is 14.7. The Kier molecular flexibility index (Phi) is 6.24. The number of hydrogen-bond acceptors (Lipinski definition) is 2. The first-order chi connectivity index (χ1) is 8.88. The van der Waals surface area contributed by atoms with Crippen LogP contribution in [0, 0.1) is 11.7 Å². The van der Waals surface area contributed by atoms with Gasteiger partial charge in [-0.2, -0.15) is 0 Å². The van der Waals surface area contributed by atoms with E-state index in [1.807, 2.05) is 13.8 Å². The Hall–Kier alpha value is -1.14. The van der Waals surface area contributed by atoms with E-state index in [9.17, 15) is 14.3 Å². The van der Waals surface area contributed by atoms with Gasteiger partial charge in [0.2, 0.25) is 0 Å². The number of aliphatic hydroxyl groups is 1. The second-order valence-corrected chi connectivity index (χ2v) is 5.55. The van der Waals surface area contributed by atoms with Crippen LogP contribution in [0.1, 0.15) is 20.3 Å². The van der Waals surface area contributed by atoms with Crippen LogP contribution in [0.5, 0.6) is 0 Å². The van der Waals surface area contributed by atoms with Crippen LogP contribution in [0.3, 0.4) is 0 Å². The minimum Gasteiger partial charge on any atom is -0.393 e. The molecule has 6 heteroatoms.